The van der Waals surface area contributed by atoms with Crippen LogP contribution >= 0.6 is 0 Å². The van der Waals surface area contributed by atoms with Crippen molar-refractivity contribution >= 4 is 28.3 Å². The van der Waals surface area contributed by atoms with E-state index in [9.17, 15) is 20.1 Å². The van der Waals surface area contributed by atoms with E-state index in [4.69, 9.17) is 19.4 Å². The Balaban J connectivity index is 1.43. The van der Waals surface area contributed by atoms with Crippen LogP contribution in [0.2, 0.25) is 0 Å². The fourth-order valence-corrected chi connectivity index (χ4v) is 4.49. The molecule has 0 spiro atoms. The van der Waals surface area contributed by atoms with Gasteiger partial charge in [0, 0.05) is 29.6 Å². The molecule has 2 heterocycles. The van der Waals surface area contributed by atoms with Crippen molar-refractivity contribution in [3.63, 3.8) is 0 Å². The molecule has 4 aromatic rings. The van der Waals surface area contributed by atoms with Gasteiger partial charge in [-0.1, -0.05) is 48.0 Å². The highest BCUT2D eigenvalue weighted by atomic mass is 16.7. The van der Waals surface area contributed by atoms with Crippen LogP contribution in [0.4, 0.5) is 11.5 Å². The number of aromatic nitrogens is 2. The molecule has 5 N–H and O–H groups in total. The molecule has 0 radical (unpaired) electrons. The highest BCUT2D eigenvalue weighted by Gasteiger charge is 2.46. The molecule has 0 bridgehead atoms. The zero-order valence-electron chi connectivity index (χ0n) is 21.5. The van der Waals surface area contributed by atoms with Gasteiger partial charge >= 0.3 is 0 Å². The molecule has 1 aliphatic heterocycles. The third-order valence-corrected chi connectivity index (χ3v) is 6.51. The molecular formula is C29H30N4O6. The molecule has 10 nitrogen and oxygen atoms in total. The minimum Gasteiger partial charge on any atom is -0.462 e. The molecule has 1 aliphatic rings. The third-order valence-electron chi connectivity index (χ3n) is 6.51. The summed E-state index contributed by atoms with van der Waals surface area (Å²) in [7, 11) is 0. The Morgan fingerprint density at radius 1 is 1.00 bits per heavy atom. The summed E-state index contributed by atoms with van der Waals surface area (Å²) in [5, 5.41) is 37.2. The van der Waals surface area contributed by atoms with E-state index < -0.39 is 43.2 Å². The van der Waals surface area contributed by atoms with Gasteiger partial charge in [0.05, 0.1) is 12.1 Å². The van der Waals surface area contributed by atoms with Crippen LogP contribution in [0, 0.1) is 6.92 Å². The van der Waals surface area contributed by atoms with Crippen molar-refractivity contribution in [2.75, 3.05) is 11.9 Å². The second kappa shape index (κ2) is 11.3. The Labute approximate surface area is 225 Å². The van der Waals surface area contributed by atoms with Gasteiger partial charge in [-0.3, -0.25) is 4.79 Å². The van der Waals surface area contributed by atoms with Gasteiger partial charge in [0.15, 0.2) is 5.82 Å². The molecule has 1 amide bonds. The number of carbonyl (C=O) groups is 1. The normalized spacial score (nSPS) is 22.8. The minimum absolute atomic E-state index is 0.373. The smallest absolute Gasteiger partial charge is 0.223 e. The Hall–Kier alpha value is -4.09. The average molecular weight is 531 g/mol. The second-order valence-corrected chi connectivity index (χ2v) is 9.48. The molecule has 1 aromatic heterocycles. The number of rotatable bonds is 7. The number of anilines is 2. The number of para-hydroxylation sites is 1. The number of fused-ring (bicyclic) bond motifs is 1. The number of aliphatic hydroxyl groups excluding tert-OH is 3. The van der Waals surface area contributed by atoms with Crippen LogP contribution in [0.3, 0.4) is 0 Å². The molecule has 5 atom stereocenters. The van der Waals surface area contributed by atoms with E-state index in [0.29, 0.717) is 23.1 Å². The number of ether oxygens (including phenoxy) is 2. The van der Waals surface area contributed by atoms with Crippen molar-refractivity contribution in [2.45, 2.75) is 44.5 Å². The number of nitrogens with one attached hydrogen (secondary N) is 2. The van der Waals surface area contributed by atoms with E-state index in [1.165, 1.54) is 6.92 Å². The van der Waals surface area contributed by atoms with E-state index in [1.807, 2.05) is 61.5 Å². The van der Waals surface area contributed by atoms with Gasteiger partial charge in [0.2, 0.25) is 12.2 Å². The van der Waals surface area contributed by atoms with Gasteiger partial charge in [-0.05, 0) is 31.2 Å². The summed E-state index contributed by atoms with van der Waals surface area (Å²) < 4.78 is 11.7. The van der Waals surface area contributed by atoms with Crippen molar-refractivity contribution in [2.24, 2.45) is 0 Å². The summed E-state index contributed by atoms with van der Waals surface area (Å²) in [4.78, 5) is 21.3. The number of aliphatic hydroxyl groups is 3. The molecule has 3 aromatic carbocycles. The molecule has 0 unspecified atom stereocenters. The van der Waals surface area contributed by atoms with E-state index in [1.54, 1.807) is 18.2 Å². The molecule has 202 valence electrons. The molecule has 10 heteroatoms. The summed E-state index contributed by atoms with van der Waals surface area (Å²) in [5.41, 5.74) is 3.49. The Bertz CT molecular complexity index is 1460. The van der Waals surface area contributed by atoms with Crippen molar-refractivity contribution in [1.82, 2.24) is 15.3 Å². The number of carbonyl (C=O) groups excluding carboxylic acids is 1. The molecule has 39 heavy (non-hydrogen) atoms. The highest BCUT2D eigenvalue weighted by molar-refractivity contribution is 5.92. The number of hydrogen-bond donors (Lipinski definition) is 5. The Morgan fingerprint density at radius 2 is 1.77 bits per heavy atom. The lowest BCUT2D eigenvalue weighted by molar-refractivity contribution is -0.244. The predicted molar refractivity (Wildman–Crippen MR) is 145 cm³/mol. The minimum atomic E-state index is -1.40. The van der Waals surface area contributed by atoms with Crippen molar-refractivity contribution in [3.05, 3.63) is 78.4 Å². The molecule has 1 saturated heterocycles. The van der Waals surface area contributed by atoms with Crippen LogP contribution in [0.1, 0.15) is 12.5 Å². The van der Waals surface area contributed by atoms with Gasteiger partial charge < -0.3 is 35.4 Å². The van der Waals surface area contributed by atoms with Crippen LogP contribution in [0.25, 0.3) is 22.3 Å². The molecule has 5 rings (SSSR count). The lowest BCUT2D eigenvalue weighted by Crippen LogP contribution is -2.65. The van der Waals surface area contributed by atoms with Crippen LogP contribution in [-0.4, -0.2) is 68.4 Å². The predicted octanol–water partition coefficient (Wildman–Crippen LogP) is 2.67. The number of hydrogen-bond acceptors (Lipinski definition) is 9. The SMILES string of the molecule is CC(=O)N[C@@H]1[C@H](Oc2cccc(Nc3nc(-c4ccc(C)cc4)nc4ccccc34)c2)O[C@H](CO)[C@H](O)[C@H]1O. The van der Waals surface area contributed by atoms with Crippen LogP contribution in [-0.2, 0) is 9.53 Å². The fraction of sp³-hybridized carbons (Fsp3) is 0.276. The number of nitrogens with zero attached hydrogens (tertiary/aromatic N) is 2. The van der Waals surface area contributed by atoms with Crippen LogP contribution in [0.5, 0.6) is 5.75 Å². The average Bonchev–Trinajstić information content (AvgIpc) is 2.93. The number of benzene rings is 3. The lowest BCUT2D eigenvalue weighted by Gasteiger charge is -2.42. The zero-order chi connectivity index (χ0) is 27.5. The van der Waals surface area contributed by atoms with E-state index in [-0.39, 0.29) is 0 Å². The quantitative estimate of drug-likeness (QED) is 0.243. The highest BCUT2D eigenvalue weighted by Crippen LogP contribution is 2.30. The summed E-state index contributed by atoms with van der Waals surface area (Å²) >= 11 is 0. The van der Waals surface area contributed by atoms with Gasteiger partial charge in [-0.25, -0.2) is 9.97 Å². The topological polar surface area (TPSA) is 146 Å². The van der Waals surface area contributed by atoms with E-state index >= 15 is 0 Å². The maximum atomic E-state index is 11.7. The van der Waals surface area contributed by atoms with Gasteiger partial charge in [-0.2, -0.15) is 0 Å². The first-order valence-corrected chi connectivity index (χ1v) is 12.6. The maximum absolute atomic E-state index is 11.7. The Morgan fingerprint density at radius 3 is 2.51 bits per heavy atom. The first kappa shape index (κ1) is 26.5. The molecule has 0 saturated carbocycles. The van der Waals surface area contributed by atoms with Crippen molar-refractivity contribution in [3.8, 4) is 17.1 Å². The monoisotopic (exact) mass is 530 g/mol. The van der Waals surface area contributed by atoms with E-state index in [2.05, 4.69) is 10.6 Å². The summed E-state index contributed by atoms with van der Waals surface area (Å²) in [6.07, 6.45) is -5.04. The van der Waals surface area contributed by atoms with Crippen LogP contribution in [0.15, 0.2) is 72.8 Å². The van der Waals surface area contributed by atoms with Gasteiger partial charge in [0.1, 0.15) is 35.9 Å². The van der Waals surface area contributed by atoms with Crippen LogP contribution < -0.4 is 15.4 Å². The van der Waals surface area contributed by atoms with Gasteiger partial charge in [0.25, 0.3) is 0 Å². The molecule has 0 aliphatic carbocycles. The molecular weight excluding hydrogens is 500 g/mol. The summed E-state index contributed by atoms with van der Waals surface area (Å²) in [6, 6.07) is 21.7. The Kier molecular flexibility index (Phi) is 7.71. The molecule has 1 fully saturated rings. The summed E-state index contributed by atoms with van der Waals surface area (Å²) in [5.74, 6) is 1.14. The lowest BCUT2D eigenvalue weighted by atomic mass is 9.97. The fourth-order valence-electron chi connectivity index (χ4n) is 4.49. The zero-order valence-corrected chi connectivity index (χ0v) is 21.5. The second-order valence-electron chi connectivity index (χ2n) is 9.48. The number of aryl methyl sites for hydroxylation is 1. The largest absolute Gasteiger partial charge is 0.462 e. The van der Waals surface area contributed by atoms with Gasteiger partial charge in [-0.15, -0.1) is 0 Å². The summed E-state index contributed by atoms with van der Waals surface area (Å²) in [6.45, 7) is 2.78. The van der Waals surface area contributed by atoms with Crippen molar-refractivity contribution < 1.29 is 29.6 Å². The first-order chi connectivity index (χ1) is 18.8. The third kappa shape index (κ3) is 5.84. The number of amides is 1. The maximum Gasteiger partial charge on any atom is 0.223 e. The van der Waals surface area contributed by atoms with E-state index in [0.717, 1.165) is 22.0 Å². The first-order valence-electron chi connectivity index (χ1n) is 12.6. The standard InChI is InChI=1S/C29H30N4O6/c1-16-10-12-18(13-11-16)27-32-22-9-4-3-8-21(22)28(33-27)31-19-6-5-7-20(14-19)38-29-24(30-17(2)35)26(37)25(36)23(15-34)39-29/h3-14,23-26,29,34,36-37H,15H2,1-2H3,(H,30,35)(H,31,32,33)/t23-,24+,25+,26+,29-/m1/s1. The van der Waals surface area contributed by atoms with Crippen molar-refractivity contribution in [1.29, 1.82) is 0 Å².